The Kier molecular flexibility index (Phi) is 5.88. The van der Waals surface area contributed by atoms with Crippen LogP contribution in [-0.4, -0.2) is 42.3 Å². The molecule has 2 aromatic rings. The van der Waals surface area contributed by atoms with E-state index in [-0.39, 0.29) is 35.1 Å². The van der Waals surface area contributed by atoms with Crippen molar-refractivity contribution in [2.75, 3.05) is 16.4 Å². The number of amides is 1. The maximum atomic E-state index is 12.6. The minimum absolute atomic E-state index is 0.0264. The van der Waals surface area contributed by atoms with Gasteiger partial charge in [0.15, 0.2) is 15.0 Å². The topological polar surface area (TPSA) is 66.8 Å². The largest absolute Gasteiger partial charge is 0.313 e. The van der Waals surface area contributed by atoms with E-state index in [9.17, 15) is 13.2 Å². The monoisotopic (exact) mass is 488 g/mol. The molecule has 2 atom stereocenters. The predicted molar refractivity (Wildman–Crippen MR) is 120 cm³/mol. The van der Waals surface area contributed by atoms with Crippen molar-refractivity contribution in [3.63, 3.8) is 0 Å². The highest BCUT2D eigenvalue weighted by Gasteiger charge is 2.50. The summed E-state index contributed by atoms with van der Waals surface area (Å²) in [5, 5.41) is 1.40. The molecular weight excluding hydrogens is 475 g/mol. The number of rotatable bonds is 3. The molecule has 0 radical (unpaired) electrons. The molecule has 0 bridgehead atoms. The van der Waals surface area contributed by atoms with Crippen LogP contribution in [0.2, 0.25) is 15.1 Å². The molecule has 0 aromatic heterocycles. The van der Waals surface area contributed by atoms with Crippen molar-refractivity contribution in [1.82, 2.24) is 0 Å². The Morgan fingerprint density at radius 3 is 2.38 bits per heavy atom. The van der Waals surface area contributed by atoms with Crippen LogP contribution in [0, 0.1) is 0 Å². The van der Waals surface area contributed by atoms with Crippen LogP contribution in [0.25, 0.3) is 0 Å². The number of aliphatic imine (C=N–C) groups is 1. The molecular formula is C19H15Cl3N2O3S2. The van der Waals surface area contributed by atoms with Gasteiger partial charge in [-0.25, -0.2) is 8.42 Å². The van der Waals surface area contributed by atoms with Gasteiger partial charge in [0, 0.05) is 10.3 Å². The number of carbonyl (C=O) groups excluding carboxylic acids is 1. The van der Waals surface area contributed by atoms with E-state index in [1.54, 1.807) is 47.4 Å². The number of carbonyl (C=O) groups is 1. The molecule has 2 heterocycles. The SMILES string of the molecule is O=C(Cc1ccccc1Cl)N=C1S[C@@H]2CS(=O)(=O)C[C@@H]2N1c1c(Cl)cccc1Cl. The van der Waals surface area contributed by atoms with Crippen molar-refractivity contribution in [1.29, 1.82) is 0 Å². The molecule has 0 saturated carbocycles. The minimum atomic E-state index is -3.18. The summed E-state index contributed by atoms with van der Waals surface area (Å²) in [4.78, 5) is 18.6. The van der Waals surface area contributed by atoms with Crippen LogP contribution >= 0.6 is 46.6 Å². The highest BCUT2D eigenvalue weighted by atomic mass is 35.5. The predicted octanol–water partition coefficient (Wildman–Crippen LogP) is 4.49. The zero-order valence-electron chi connectivity index (χ0n) is 14.9. The maximum Gasteiger partial charge on any atom is 0.252 e. The second-order valence-corrected chi connectivity index (χ2v) is 11.4. The molecule has 5 nitrogen and oxygen atoms in total. The number of hydrogen-bond donors (Lipinski definition) is 0. The van der Waals surface area contributed by atoms with Crippen molar-refractivity contribution >= 4 is 73.2 Å². The summed E-state index contributed by atoms with van der Waals surface area (Å²) in [6.07, 6.45) is 0.0431. The van der Waals surface area contributed by atoms with E-state index in [4.69, 9.17) is 34.8 Å². The molecule has 0 N–H and O–H groups in total. The Bertz CT molecular complexity index is 1100. The lowest BCUT2D eigenvalue weighted by Crippen LogP contribution is -2.38. The average molecular weight is 490 g/mol. The fourth-order valence-electron chi connectivity index (χ4n) is 3.50. The number of para-hydroxylation sites is 1. The molecule has 2 fully saturated rings. The number of amidine groups is 1. The fourth-order valence-corrected chi connectivity index (χ4v) is 8.20. The lowest BCUT2D eigenvalue weighted by molar-refractivity contribution is -0.117. The summed E-state index contributed by atoms with van der Waals surface area (Å²) < 4.78 is 24.3. The number of anilines is 1. The summed E-state index contributed by atoms with van der Waals surface area (Å²) in [6, 6.07) is 11.8. The van der Waals surface area contributed by atoms with Gasteiger partial charge in [-0.05, 0) is 23.8 Å². The molecule has 4 rings (SSSR count). The van der Waals surface area contributed by atoms with Crippen LogP contribution in [0.15, 0.2) is 47.5 Å². The van der Waals surface area contributed by atoms with Crippen LogP contribution < -0.4 is 4.90 Å². The third kappa shape index (κ3) is 4.30. The molecule has 2 aliphatic heterocycles. The van der Waals surface area contributed by atoms with E-state index in [0.717, 1.165) is 0 Å². The smallest absolute Gasteiger partial charge is 0.252 e. The molecule has 29 heavy (non-hydrogen) atoms. The highest BCUT2D eigenvalue weighted by molar-refractivity contribution is 8.16. The summed E-state index contributed by atoms with van der Waals surface area (Å²) in [5.74, 6) is -0.389. The van der Waals surface area contributed by atoms with E-state index in [0.29, 0.717) is 31.5 Å². The van der Waals surface area contributed by atoms with Crippen molar-refractivity contribution < 1.29 is 13.2 Å². The third-order valence-corrected chi connectivity index (χ3v) is 8.95. The second-order valence-electron chi connectivity index (χ2n) is 6.80. The van der Waals surface area contributed by atoms with Crippen molar-refractivity contribution in [3.05, 3.63) is 63.1 Å². The van der Waals surface area contributed by atoms with E-state index in [1.165, 1.54) is 11.8 Å². The van der Waals surface area contributed by atoms with Gasteiger partial charge < -0.3 is 4.90 Å². The summed E-state index contributed by atoms with van der Waals surface area (Å²) in [5.41, 5.74) is 1.15. The first-order chi connectivity index (χ1) is 13.7. The quantitative estimate of drug-likeness (QED) is 0.635. The summed E-state index contributed by atoms with van der Waals surface area (Å²) in [6.45, 7) is 0. The number of sulfone groups is 1. The molecule has 10 heteroatoms. The molecule has 0 spiro atoms. The Hall–Kier alpha value is -1.25. The van der Waals surface area contributed by atoms with E-state index in [2.05, 4.69) is 4.99 Å². The maximum absolute atomic E-state index is 12.6. The lowest BCUT2D eigenvalue weighted by atomic mass is 10.1. The minimum Gasteiger partial charge on any atom is -0.313 e. The zero-order chi connectivity index (χ0) is 20.8. The Morgan fingerprint density at radius 1 is 1.03 bits per heavy atom. The van der Waals surface area contributed by atoms with Crippen molar-refractivity contribution in [3.8, 4) is 0 Å². The van der Waals surface area contributed by atoms with E-state index >= 15 is 0 Å². The molecule has 0 unspecified atom stereocenters. The van der Waals surface area contributed by atoms with Gasteiger partial charge in [0.25, 0.3) is 5.91 Å². The fraction of sp³-hybridized carbons (Fsp3) is 0.263. The number of nitrogens with zero attached hydrogens (tertiary/aromatic N) is 2. The first-order valence-corrected chi connectivity index (χ1v) is 12.5. The Labute approximate surface area is 188 Å². The zero-order valence-corrected chi connectivity index (χ0v) is 18.8. The second kappa shape index (κ2) is 8.12. The van der Waals surface area contributed by atoms with Gasteiger partial charge in [0.2, 0.25) is 0 Å². The number of benzene rings is 2. The Morgan fingerprint density at radius 2 is 1.69 bits per heavy atom. The van der Waals surface area contributed by atoms with E-state index in [1.807, 2.05) is 0 Å². The van der Waals surface area contributed by atoms with Gasteiger partial charge >= 0.3 is 0 Å². The number of hydrogen-bond acceptors (Lipinski definition) is 4. The Balaban J connectivity index is 1.71. The number of halogens is 3. The van der Waals surface area contributed by atoms with Gasteiger partial charge in [0.05, 0.1) is 39.7 Å². The van der Waals surface area contributed by atoms with Crippen LogP contribution in [0.1, 0.15) is 5.56 Å². The summed E-state index contributed by atoms with van der Waals surface area (Å²) in [7, 11) is -3.18. The first-order valence-electron chi connectivity index (χ1n) is 8.70. The van der Waals surface area contributed by atoms with Crippen LogP contribution in [0.3, 0.4) is 0 Å². The van der Waals surface area contributed by atoms with Gasteiger partial charge in [-0.3, -0.25) is 4.79 Å². The van der Waals surface area contributed by atoms with Gasteiger partial charge in [0.1, 0.15) is 0 Å². The van der Waals surface area contributed by atoms with Gasteiger partial charge in [-0.2, -0.15) is 4.99 Å². The van der Waals surface area contributed by atoms with Crippen molar-refractivity contribution in [2.45, 2.75) is 17.7 Å². The molecule has 2 aromatic carbocycles. The molecule has 2 aliphatic rings. The number of fused-ring (bicyclic) bond motifs is 1. The number of thioether (sulfide) groups is 1. The lowest BCUT2D eigenvalue weighted by Gasteiger charge is -2.26. The highest BCUT2D eigenvalue weighted by Crippen LogP contribution is 2.45. The summed E-state index contributed by atoms with van der Waals surface area (Å²) >= 11 is 20.2. The molecule has 1 amide bonds. The molecule has 2 saturated heterocycles. The van der Waals surface area contributed by atoms with Gasteiger partial charge in [-0.15, -0.1) is 0 Å². The molecule has 0 aliphatic carbocycles. The van der Waals surface area contributed by atoms with Crippen molar-refractivity contribution in [2.24, 2.45) is 4.99 Å². The van der Waals surface area contributed by atoms with Gasteiger partial charge in [-0.1, -0.05) is 70.8 Å². The van der Waals surface area contributed by atoms with Crippen LogP contribution in [-0.2, 0) is 21.1 Å². The van der Waals surface area contributed by atoms with E-state index < -0.39 is 9.84 Å². The average Bonchev–Trinajstić information content (AvgIpc) is 3.09. The first kappa shape index (κ1) is 21.0. The van der Waals surface area contributed by atoms with Crippen LogP contribution in [0.5, 0.6) is 0 Å². The molecule has 152 valence electrons. The normalized spacial score (nSPS) is 24.1. The van der Waals surface area contributed by atoms with Crippen LogP contribution in [0.4, 0.5) is 5.69 Å². The third-order valence-electron chi connectivity index (χ3n) is 4.76. The standard InChI is InChI=1S/C19H15Cl3N2O3S2/c20-12-5-2-1-4-11(12)8-17(25)23-19-24(18-13(21)6-3-7-14(18)22)15-9-29(26,27)10-16(15)28-19/h1-7,15-16H,8-10H2/t15-,16+/m0/s1.